The van der Waals surface area contributed by atoms with Crippen molar-refractivity contribution in [2.45, 2.75) is 278 Å². The van der Waals surface area contributed by atoms with Gasteiger partial charge < -0.3 is 14.2 Å². The van der Waals surface area contributed by atoms with Crippen molar-refractivity contribution in [3.63, 3.8) is 0 Å². The number of rotatable bonds is 44. The number of hydrogen-bond donors (Lipinski definition) is 0. The number of hydrogen-bond acceptors (Lipinski definition) is 6. The normalized spacial score (nSPS) is 11.9. The third kappa shape index (κ3) is 43.4. The zero-order valence-electron chi connectivity index (χ0n) is 37.4. The van der Waals surface area contributed by atoms with Gasteiger partial charge in [0.2, 0.25) is 0 Å². The maximum absolute atomic E-state index is 12.7. The van der Waals surface area contributed by atoms with Gasteiger partial charge in [-0.15, -0.1) is 0 Å². The minimum Gasteiger partial charge on any atom is -0.462 e. The zero-order valence-corrected chi connectivity index (χ0v) is 37.4. The Balaban J connectivity index is 4.27. The van der Waals surface area contributed by atoms with Crippen molar-refractivity contribution in [2.75, 3.05) is 13.2 Å². The molecule has 0 aliphatic heterocycles. The summed E-state index contributed by atoms with van der Waals surface area (Å²) >= 11 is 0. The highest BCUT2D eigenvalue weighted by molar-refractivity contribution is 5.71. The lowest BCUT2D eigenvalue weighted by molar-refractivity contribution is -0.167. The van der Waals surface area contributed by atoms with Crippen molar-refractivity contribution in [3.8, 4) is 0 Å². The number of ether oxygens (including phenoxy) is 3. The Labute approximate surface area is 342 Å². The van der Waals surface area contributed by atoms with E-state index in [-0.39, 0.29) is 31.1 Å². The summed E-state index contributed by atoms with van der Waals surface area (Å²) < 4.78 is 16.7. The minimum absolute atomic E-state index is 0.0636. The second-order valence-electron chi connectivity index (χ2n) is 17.2. The number of esters is 3. The molecule has 0 aromatic heterocycles. The van der Waals surface area contributed by atoms with Gasteiger partial charge in [-0.25, -0.2) is 0 Å². The summed E-state index contributed by atoms with van der Waals surface area (Å²) in [6.45, 7) is 8.97. The van der Waals surface area contributed by atoms with Gasteiger partial charge in [0.15, 0.2) is 6.10 Å². The standard InChI is InChI=1S/C49H94O6/c1-5-7-9-11-13-15-16-17-18-19-20-21-25-29-33-37-41-48(51)54-44-46(43-53-47(50)40-36-32-28-23-14-12-10-8-6-2)55-49(52)42-38-34-30-26-22-24-27-31-35-39-45(3)4/h45-46H,5-44H2,1-4H3/t46-/m1/s1. The highest BCUT2D eigenvalue weighted by atomic mass is 16.6. The minimum atomic E-state index is -0.759. The van der Waals surface area contributed by atoms with Gasteiger partial charge in [-0.3, -0.25) is 14.4 Å². The number of carbonyl (C=O) groups is 3. The van der Waals surface area contributed by atoms with Gasteiger partial charge in [-0.05, 0) is 25.2 Å². The average Bonchev–Trinajstić information content (AvgIpc) is 3.17. The molecule has 0 saturated heterocycles. The molecule has 0 rings (SSSR count). The quantitative estimate of drug-likeness (QED) is 0.0348. The van der Waals surface area contributed by atoms with Crippen LogP contribution in [-0.4, -0.2) is 37.2 Å². The second-order valence-corrected chi connectivity index (χ2v) is 17.2. The van der Waals surface area contributed by atoms with Crippen LogP contribution in [0.15, 0.2) is 0 Å². The van der Waals surface area contributed by atoms with Crippen molar-refractivity contribution in [3.05, 3.63) is 0 Å². The lowest BCUT2D eigenvalue weighted by Crippen LogP contribution is -2.30. The summed E-state index contributed by atoms with van der Waals surface area (Å²) in [7, 11) is 0. The molecule has 0 amide bonds. The number of carbonyl (C=O) groups excluding carboxylic acids is 3. The van der Waals surface area contributed by atoms with E-state index in [1.165, 1.54) is 167 Å². The third-order valence-electron chi connectivity index (χ3n) is 11.0. The van der Waals surface area contributed by atoms with Gasteiger partial charge in [0, 0.05) is 19.3 Å². The molecule has 0 unspecified atom stereocenters. The first-order chi connectivity index (χ1) is 26.9. The summed E-state index contributed by atoms with van der Waals surface area (Å²) in [6, 6.07) is 0. The van der Waals surface area contributed by atoms with Crippen LogP contribution in [0, 0.1) is 5.92 Å². The third-order valence-corrected chi connectivity index (χ3v) is 11.0. The molecule has 0 radical (unpaired) electrons. The van der Waals surface area contributed by atoms with Gasteiger partial charge >= 0.3 is 17.9 Å². The summed E-state index contributed by atoms with van der Waals surface area (Å²) in [5.41, 5.74) is 0. The van der Waals surface area contributed by atoms with E-state index in [1.54, 1.807) is 0 Å². The van der Waals surface area contributed by atoms with Crippen LogP contribution >= 0.6 is 0 Å². The molecule has 0 aliphatic carbocycles. The first-order valence-corrected chi connectivity index (χ1v) is 24.4. The van der Waals surface area contributed by atoms with Crippen molar-refractivity contribution in [2.24, 2.45) is 5.92 Å². The van der Waals surface area contributed by atoms with E-state index in [4.69, 9.17) is 14.2 Å². The zero-order chi connectivity index (χ0) is 40.3. The van der Waals surface area contributed by atoms with E-state index in [0.29, 0.717) is 19.3 Å². The van der Waals surface area contributed by atoms with Gasteiger partial charge in [-0.1, -0.05) is 233 Å². The Morgan fingerprint density at radius 2 is 0.600 bits per heavy atom. The Kier molecular flexibility index (Phi) is 42.3. The molecule has 0 aromatic carbocycles. The van der Waals surface area contributed by atoms with E-state index in [2.05, 4.69) is 27.7 Å². The average molecular weight is 779 g/mol. The van der Waals surface area contributed by atoms with E-state index < -0.39 is 6.10 Å². The van der Waals surface area contributed by atoms with Crippen LogP contribution in [0.4, 0.5) is 0 Å². The molecular weight excluding hydrogens is 685 g/mol. The topological polar surface area (TPSA) is 78.9 Å². The molecule has 0 bridgehead atoms. The summed E-state index contributed by atoms with van der Waals surface area (Å²) in [4.78, 5) is 37.7. The largest absolute Gasteiger partial charge is 0.462 e. The van der Waals surface area contributed by atoms with Crippen molar-refractivity contribution in [1.29, 1.82) is 0 Å². The van der Waals surface area contributed by atoms with Crippen molar-refractivity contribution in [1.82, 2.24) is 0 Å². The molecule has 0 N–H and O–H groups in total. The van der Waals surface area contributed by atoms with Crippen LogP contribution < -0.4 is 0 Å². The van der Waals surface area contributed by atoms with E-state index in [0.717, 1.165) is 63.7 Å². The fourth-order valence-corrected chi connectivity index (χ4v) is 7.33. The fraction of sp³-hybridized carbons (Fsp3) is 0.939. The van der Waals surface area contributed by atoms with E-state index in [1.807, 2.05) is 0 Å². The van der Waals surface area contributed by atoms with Crippen LogP contribution in [0.5, 0.6) is 0 Å². The fourth-order valence-electron chi connectivity index (χ4n) is 7.33. The van der Waals surface area contributed by atoms with E-state index >= 15 is 0 Å². The molecule has 6 heteroatoms. The first-order valence-electron chi connectivity index (χ1n) is 24.4. The lowest BCUT2D eigenvalue weighted by Gasteiger charge is -2.18. The second kappa shape index (κ2) is 43.5. The molecule has 0 heterocycles. The molecule has 6 nitrogen and oxygen atoms in total. The van der Waals surface area contributed by atoms with Gasteiger partial charge in [-0.2, -0.15) is 0 Å². The van der Waals surface area contributed by atoms with Gasteiger partial charge in [0.05, 0.1) is 0 Å². The molecule has 0 saturated carbocycles. The van der Waals surface area contributed by atoms with Gasteiger partial charge in [0.1, 0.15) is 13.2 Å². The molecule has 0 aliphatic rings. The monoisotopic (exact) mass is 779 g/mol. The summed E-state index contributed by atoms with van der Waals surface area (Å²) in [6.07, 6.45) is 43.8. The molecule has 0 fully saturated rings. The molecular formula is C49H94O6. The molecule has 0 spiro atoms. The Hall–Kier alpha value is -1.59. The van der Waals surface area contributed by atoms with Crippen LogP contribution in [-0.2, 0) is 28.6 Å². The summed E-state index contributed by atoms with van der Waals surface area (Å²) in [5, 5.41) is 0. The SMILES string of the molecule is CCCCCCCCCCCCCCCCCCC(=O)OC[C@@H](COC(=O)CCCCCCCCCCC)OC(=O)CCCCCCCCCCCC(C)C. The highest BCUT2D eigenvalue weighted by Crippen LogP contribution is 2.16. The lowest BCUT2D eigenvalue weighted by atomic mass is 10.0. The van der Waals surface area contributed by atoms with Crippen LogP contribution in [0.1, 0.15) is 272 Å². The number of unbranched alkanes of at least 4 members (excludes halogenated alkanes) is 31. The van der Waals surface area contributed by atoms with Crippen LogP contribution in [0.25, 0.3) is 0 Å². The maximum Gasteiger partial charge on any atom is 0.306 e. The maximum atomic E-state index is 12.7. The van der Waals surface area contributed by atoms with Gasteiger partial charge in [0.25, 0.3) is 0 Å². The first kappa shape index (κ1) is 53.4. The molecule has 1 atom stereocenters. The predicted molar refractivity (Wildman–Crippen MR) is 233 cm³/mol. The molecule has 0 aromatic rings. The van der Waals surface area contributed by atoms with Crippen molar-refractivity contribution >= 4 is 17.9 Å². The molecule has 326 valence electrons. The van der Waals surface area contributed by atoms with Crippen LogP contribution in [0.2, 0.25) is 0 Å². The van der Waals surface area contributed by atoms with Crippen LogP contribution in [0.3, 0.4) is 0 Å². The highest BCUT2D eigenvalue weighted by Gasteiger charge is 2.19. The summed E-state index contributed by atoms with van der Waals surface area (Å²) in [5.74, 6) is -0.0467. The Morgan fingerprint density at radius 3 is 0.891 bits per heavy atom. The van der Waals surface area contributed by atoms with Crippen molar-refractivity contribution < 1.29 is 28.6 Å². The Bertz CT molecular complexity index is 826. The smallest absolute Gasteiger partial charge is 0.306 e. The Morgan fingerprint density at radius 1 is 0.345 bits per heavy atom. The predicted octanol–water partition coefficient (Wildman–Crippen LogP) is 15.5. The molecule has 55 heavy (non-hydrogen) atoms. The van der Waals surface area contributed by atoms with E-state index in [9.17, 15) is 14.4 Å².